The smallest absolute Gasteiger partial charge is 0.264 e. The number of anilines is 1. The Kier molecular flexibility index (Phi) is 11.9. The molecule has 0 heterocycles. The summed E-state index contributed by atoms with van der Waals surface area (Å²) in [6.45, 7) is 7.16. The lowest BCUT2D eigenvalue weighted by atomic mass is 10.0. The molecule has 4 rings (SSSR count). The zero-order chi connectivity index (χ0) is 33.4. The molecule has 4 aromatic rings. The van der Waals surface area contributed by atoms with Crippen LogP contribution in [0.1, 0.15) is 42.5 Å². The van der Waals surface area contributed by atoms with Crippen LogP contribution in [0, 0.1) is 13.8 Å². The van der Waals surface area contributed by atoms with Gasteiger partial charge in [-0.15, -0.1) is 0 Å². The van der Waals surface area contributed by atoms with Crippen molar-refractivity contribution in [3.63, 3.8) is 0 Å². The average molecular weight is 681 g/mol. The summed E-state index contributed by atoms with van der Waals surface area (Å²) in [6.07, 6.45) is 0.933. The number of sulfonamides is 1. The topological polar surface area (TPSA) is 86.8 Å². The number of carbonyl (C=O) groups excluding carboxylic acids is 2. The molecular formula is C36H39Cl2N3O4S. The molecule has 10 heteroatoms. The number of halogens is 2. The lowest BCUT2D eigenvalue weighted by Crippen LogP contribution is -2.54. The molecule has 0 fully saturated rings. The Morgan fingerprint density at radius 2 is 1.46 bits per heavy atom. The van der Waals surface area contributed by atoms with Gasteiger partial charge < -0.3 is 10.2 Å². The summed E-state index contributed by atoms with van der Waals surface area (Å²) in [4.78, 5) is 30.1. The fourth-order valence-corrected chi connectivity index (χ4v) is 6.93. The third kappa shape index (κ3) is 8.90. The molecule has 46 heavy (non-hydrogen) atoms. The second-order valence-corrected chi connectivity index (χ2v) is 14.2. The van der Waals surface area contributed by atoms with Crippen molar-refractivity contribution in [3.8, 4) is 0 Å². The molecule has 0 saturated carbocycles. The number of hydrogen-bond acceptors (Lipinski definition) is 4. The van der Waals surface area contributed by atoms with E-state index < -0.39 is 28.5 Å². The van der Waals surface area contributed by atoms with Gasteiger partial charge in [0.1, 0.15) is 12.6 Å². The number of hydrogen-bond donors (Lipinski definition) is 1. The van der Waals surface area contributed by atoms with E-state index in [-0.39, 0.29) is 45.5 Å². The first-order chi connectivity index (χ1) is 21.9. The van der Waals surface area contributed by atoms with Gasteiger partial charge in [-0.1, -0.05) is 102 Å². The number of benzene rings is 4. The molecule has 0 bridgehead atoms. The normalized spacial score (nSPS) is 12.7. The van der Waals surface area contributed by atoms with Crippen molar-refractivity contribution >= 4 is 50.7 Å². The molecule has 2 unspecified atom stereocenters. The Morgan fingerprint density at radius 1 is 0.848 bits per heavy atom. The molecule has 1 N–H and O–H groups in total. The maximum absolute atomic E-state index is 14.6. The van der Waals surface area contributed by atoms with Gasteiger partial charge in [0.15, 0.2) is 0 Å². The number of nitrogens with zero attached hydrogens (tertiary/aromatic N) is 2. The highest BCUT2D eigenvalue weighted by Gasteiger charge is 2.35. The quantitative estimate of drug-likeness (QED) is 0.160. The van der Waals surface area contributed by atoms with Crippen molar-refractivity contribution in [1.82, 2.24) is 10.2 Å². The molecule has 4 aromatic carbocycles. The van der Waals surface area contributed by atoms with Crippen LogP contribution in [-0.4, -0.2) is 43.8 Å². The predicted octanol–water partition coefficient (Wildman–Crippen LogP) is 7.36. The lowest BCUT2D eigenvalue weighted by Gasteiger charge is -2.34. The molecule has 242 valence electrons. The van der Waals surface area contributed by atoms with Crippen LogP contribution in [0.3, 0.4) is 0 Å². The van der Waals surface area contributed by atoms with E-state index in [1.807, 2.05) is 82.3 Å². The maximum atomic E-state index is 14.6. The molecule has 0 radical (unpaired) electrons. The van der Waals surface area contributed by atoms with E-state index in [9.17, 15) is 18.0 Å². The van der Waals surface area contributed by atoms with Crippen LogP contribution in [0.25, 0.3) is 0 Å². The maximum Gasteiger partial charge on any atom is 0.264 e. The Labute approximate surface area is 282 Å². The highest BCUT2D eigenvalue weighted by molar-refractivity contribution is 7.92. The second kappa shape index (κ2) is 15.6. The van der Waals surface area contributed by atoms with Gasteiger partial charge in [0.25, 0.3) is 10.0 Å². The largest absolute Gasteiger partial charge is 0.352 e. The number of amides is 2. The van der Waals surface area contributed by atoms with Crippen LogP contribution in [0.4, 0.5) is 5.69 Å². The van der Waals surface area contributed by atoms with Crippen molar-refractivity contribution in [3.05, 3.63) is 129 Å². The van der Waals surface area contributed by atoms with Crippen LogP contribution >= 0.6 is 23.2 Å². The molecule has 0 aliphatic rings. The van der Waals surface area contributed by atoms with Crippen molar-refractivity contribution in [1.29, 1.82) is 0 Å². The summed E-state index contributed by atoms with van der Waals surface area (Å²) in [6, 6.07) is 26.8. The molecule has 0 saturated heterocycles. The highest BCUT2D eigenvalue weighted by atomic mass is 35.5. The molecule has 2 amide bonds. The lowest BCUT2D eigenvalue weighted by molar-refractivity contribution is -0.140. The van der Waals surface area contributed by atoms with Crippen LogP contribution < -0.4 is 9.62 Å². The summed E-state index contributed by atoms with van der Waals surface area (Å²) in [5.41, 5.74) is 3.65. The minimum Gasteiger partial charge on any atom is -0.352 e. The van der Waals surface area contributed by atoms with E-state index in [0.717, 1.165) is 26.6 Å². The second-order valence-electron chi connectivity index (χ2n) is 11.4. The fraction of sp³-hybridized carbons (Fsp3) is 0.278. The molecular weight excluding hydrogens is 641 g/mol. The molecule has 7 nitrogen and oxygen atoms in total. The molecule has 0 aliphatic carbocycles. The molecule has 0 aromatic heterocycles. The van der Waals surface area contributed by atoms with E-state index >= 15 is 0 Å². The Morgan fingerprint density at radius 3 is 2.07 bits per heavy atom. The first-order valence-electron chi connectivity index (χ1n) is 15.1. The van der Waals surface area contributed by atoms with Gasteiger partial charge in [0.2, 0.25) is 11.8 Å². The monoisotopic (exact) mass is 679 g/mol. The highest BCUT2D eigenvalue weighted by Crippen LogP contribution is 2.30. The Balaban J connectivity index is 1.84. The van der Waals surface area contributed by atoms with Crippen LogP contribution in [0.2, 0.25) is 10.0 Å². The molecule has 0 spiro atoms. The Hall–Kier alpha value is -3.85. The standard InChI is InChI=1S/C36H39Cl2N3O4S/c1-5-27(4)39-36(43)34(19-28-12-7-6-8-13-28)40(23-29-14-10-9-11-26(29)3)35(42)24-41(32-21-30(37)20-31(38)22-32)46(44,45)33-17-15-25(2)16-18-33/h6-18,20-22,27,34H,5,19,23-24H2,1-4H3,(H,39,43). The Bertz CT molecular complexity index is 1750. The van der Waals surface area contributed by atoms with Gasteiger partial charge in [-0.2, -0.15) is 0 Å². The van der Waals surface area contributed by atoms with Gasteiger partial charge >= 0.3 is 0 Å². The van der Waals surface area contributed by atoms with Gasteiger partial charge in [0.05, 0.1) is 10.6 Å². The van der Waals surface area contributed by atoms with E-state index in [0.29, 0.717) is 6.42 Å². The minimum atomic E-state index is -4.27. The SMILES string of the molecule is CCC(C)NC(=O)C(Cc1ccccc1)N(Cc1ccccc1C)C(=O)CN(c1cc(Cl)cc(Cl)c1)S(=O)(=O)c1ccc(C)cc1. The first-order valence-corrected chi connectivity index (χ1v) is 17.3. The number of nitrogens with one attached hydrogen (secondary N) is 1. The van der Waals surface area contributed by atoms with Crippen molar-refractivity contribution in [2.24, 2.45) is 0 Å². The van der Waals surface area contributed by atoms with Crippen molar-refractivity contribution < 1.29 is 18.0 Å². The van der Waals surface area contributed by atoms with E-state index in [4.69, 9.17) is 23.2 Å². The predicted molar refractivity (Wildman–Crippen MR) is 186 cm³/mol. The van der Waals surface area contributed by atoms with Gasteiger partial charge in [-0.3, -0.25) is 13.9 Å². The summed E-state index contributed by atoms with van der Waals surface area (Å²) in [5, 5.41) is 3.47. The minimum absolute atomic E-state index is 0.00259. The van der Waals surface area contributed by atoms with Crippen molar-refractivity contribution in [2.45, 2.75) is 64.1 Å². The van der Waals surface area contributed by atoms with E-state index in [1.54, 1.807) is 12.1 Å². The zero-order valence-corrected chi connectivity index (χ0v) is 28.7. The number of rotatable bonds is 13. The average Bonchev–Trinajstić information content (AvgIpc) is 3.02. The van der Waals surface area contributed by atoms with Crippen LogP contribution in [-0.2, 0) is 32.6 Å². The summed E-state index contributed by atoms with van der Waals surface area (Å²) < 4.78 is 29.4. The van der Waals surface area contributed by atoms with Gasteiger partial charge in [-0.05, 0) is 74.2 Å². The van der Waals surface area contributed by atoms with E-state index in [2.05, 4.69) is 5.32 Å². The zero-order valence-electron chi connectivity index (χ0n) is 26.4. The number of aryl methyl sites for hydroxylation is 2. The van der Waals surface area contributed by atoms with Crippen LogP contribution in [0.15, 0.2) is 102 Å². The third-order valence-electron chi connectivity index (χ3n) is 7.90. The summed E-state index contributed by atoms with van der Waals surface area (Å²) in [5.74, 6) is -0.880. The van der Waals surface area contributed by atoms with Gasteiger partial charge in [-0.25, -0.2) is 8.42 Å². The summed E-state index contributed by atoms with van der Waals surface area (Å²) >= 11 is 12.7. The van der Waals surface area contributed by atoms with Gasteiger partial charge in [0, 0.05) is 29.1 Å². The fourth-order valence-electron chi connectivity index (χ4n) is 5.02. The number of carbonyl (C=O) groups is 2. The third-order valence-corrected chi connectivity index (χ3v) is 10.1. The summed E-state index contributed by atoms with van der Waals surface area (Å²) in [7, 11) is -4.27. The van der Waals surface area contributed by atoms with E-state index in [1.165, 1.54) is 35.2 Å². The first kappa shape index (κ1) is 35.0. The van der Waals surface area contributed by atoms with Crippen molar-refractivity contribution in [2.75, 3.05) is 10.8 Å². The van der Waals surface area contributed by atoms with Crippen LogP contribution in [0.5, 0.6) is 0 Å². The molecule has 0 aliphatic heterocycles. The molecule has 2 atom stereocenters.